The molecule has 0 aliphatic heterocycles. The van der Waals surface area contributed by atoms with Crippen LogP contribution >= 0.6 is 0 Å². The molecule has 0 aliphatic rings. The molecule has 23 heavy (non-hydrogen) atoms. The third kappa shape index (κ3) is 2.24. The zero-order valence-electron chi connectivity index (χ0n) is 12.3. The van der Waals surface area contributed by atoms with Gasteiger partial charge in [-0.05, 0) is 53.2 Å². The first-order valence-electron chi connectivity index (χ1n) is 7.13. The minimum atomic E-state index is -0.299. The number of nitrogens with zero attached hydrogens (tertiary/aromatic N) is 5. The molecule has 0 N–H and O–H groups in total. The Morgan fingerprint density at radius 3 is 2.61 bits per heavy atom. The van der Waals surface area contributed by atoms with Gasteiger partial charge in [-0.1, -0.05) is 18.2 Å². The lowest BCUT2D eigenvalue weighted by Gasteiger charge is -2.09. The smallest absolute Gasteiger partial charge is 0.188 e. The van der Waals surface area contributed by atoms with Gasteiger partial charge in [-0.2, -0.15) is 4.68 Å². The van der Waals surface area contributed by atoms with Gasteiger partial charge in [0.1, 0.15) is 5.82 Å². The van der Waals surface area contributed by atoms with Crippen LogP contribution in [0.15, 0.2) is 54.7 Å². The van der Waals surface area contributed by atoms with Crippen LogP contribution in [0.25, 0.3) is 28.0 Å². The van der Waals surface area contributed by atoms with E-state index in [0.29, 0.717) is 11.5 Å². The van der Waals surface area contributed by atoms with Crippen LogP contribution in [0.3, 0.4) is 0 Å². The summed E-state index contributed by atoms with van der Waals surface area (Å²) >= 11 is 0. The van der Waals surface area contributed by atoms with Crippen molar-refractivity contribution in [1.82, 2.24) is 25.2 Å². The molecule has 0 atom stereocenters. The fourth-order valence-electron chi connectivity index (χ4n) is 2.62. The van der Waals surface area contributed by atoms with Crippen LogP contribution in [0.4, 0.5) is 4.39 Å². The van der Waals surface area contributed by atoms with Crippen molar-refractivity contribution in [3.05, 3.63) is 66.1 Å². The van der Waals surface area contributed by atoms with Crippen LogP contribution in [0.2, 0.25) is 0 Å². The Hall–Kier alpha value is -3.15. The molecule has 0 fully saturated rings. The number of aromatic nitrogens is 5. The molecular formula is C17H12FN5. The topological polar surface area (TPSA) is 56.5 Å². The van der Waals surface area contributed by atoms with E-state index in [9.17, 15) is 4.39 Å². The first kappa shape index (κ1) is 13.5. The average molecular weight is 305 g/mol. The second-order valence-corrected chi connectivity index (χ2v) is 5.20. The van der Waals surface area contributed by atoms with Crippen molar-refractivity contribution in [3.8, 4) is 17.1 Å². The molecule has 4 aromatic rings. The quantitative estimate of drug-likeness (QED) is 0.570. The van der Waals surface area contributed by atoms with Crippen molar-refractivity contribution < 1.29 is 4.39 Å². The molecule has 6 heteroatoms. The van der Waals surface area contributed by atoms with E-state index in [2.05, 4.69) is 20.5 Å². The molecule has 0 saturated heterocycles. The third-order valence-electron chi connectivity index (χ3n) is 3.83. The molecule has 0 aliphatic carbocycles. The predicted molar refractivity (Wildman–Crippen MR) is 84.6 cm³/mol. The van der Waals surface area contributed by atoms with Crippen molar-refractivity contribution in [1.29, 1.82) is 0 Å². The number of hydrogen-bond donors (Lipinski definition) is 0. The Morgan fingerprint density at radius 2 is 1.78 bits per heavy atom. The molecule has 112 valence electrons. The van der Waals surface area contributed by atoms with Gasteiger partial charge < -0.3 is 0 Å². The highest BCUT2D eigenvalue weighted by molar-refractivity contribution is 5.87. The third-order valence-corrected chi connectivity index (χ3v) is 3.83. The zero-order chi connectivity index (χ0) is 15.8. The predicted octanol–water partition coefficient (Wildman–Crippen LogP) is 3.33. The molecule has 2 aromatic heterocycles. The first-order chi connectivity index (χ1) is 11.2. The van der Waals surface area contributed by atoms with Crippen molar-refractivity contribution in [2.45, 2.75) is 6.92 Å². The Bertz CT molecular complexity index is 991. The molecule has 4 rings (SSSR count). The number of tetrazole rings is 1. The monoisotopic (exact) mass is 305 g/mol. The normalized spacial score (nSPS) is 11.0. The van der Waals surface area contributed by atoms with Crippen LogP contribution in [0.1, 0.15) is 5.56 Å². The lowest BCUT2D eigenvalue weighted by Crippen LogP contribution is -2.01. The van der Waals surface area contributed by atoms with E-state index in [-0.39, 0.29) is 5.82 Å². The van der Waals surface area contributed by atoms with Crippen LogP contribution in [0, 0.1) is 12.7 Å². The van der Waals surface area contributed by atoms with E-state index in [1.807, 2.05) is 31.2 Å². The van der Waals surface area contributed by atoms with Gasteiger partial charge in [-0.25, -0.2) is 4.39 Å². The molecule has 0 unspecified atom stereocenters. The van der Waals surface area contributed by atoms with Gasteiger partial charge in [-0.3, -0.25) is 4.98 Å². The number of aryl methyl sites for hydroxylation is 1. The van der Waals surface area contributed by atoms with E-state index in [4.69, 9.17) is 0 Å². The van der Waals surface area contributed by atoms with E-state index in [1.54, 1.807) is 23.0 Å². The standard InChI is InChI=1S/C17H12FN5/c1-11-14-4-2-3-5-16(14)19-10-15(11)17-20-21-22-23(17)13-8-6-12(18)7-9-13/h2-10H,1H3. The molecule has 0 radical (unpaired) electrons. The lowest BCUT2D eigenvalue weighted by atomic mass is 10.0. The zero-order valence-corrected chi connectivity index (χ0v) is 12.3. The number of pyridine rings is 1. The first-order valence-corrected chi connectivity index (χ1v) is 7.13. The van der Waals surface area contributed by atoms with Gasteiger partial charge >= 0.3 is 0 Å². The lowest BCUT2D eigenvalue weighted by molar-refractivity contribution is 0.627. The number of rotatable bonds is 2. The minimum absolute atomic E-state index is 0.299. The maximum Gasteiger partial charge on any atom is 0.188 e. The highest BCUT2D eigenvalue weighted by Gasteiger charge is 2.15. The summed E-state index contributed by atoms with van der Waals surface area (Å²) in [6, 6.07) is 14.0. The van der Waals surface area contributed by atoms with E-state index >= 15 is 0 Å². The fraction of sp³-hybridized carbons (Fsp3) is 0.0588. The summed E-state index contributed by atoms with van der Waals surface area (Å²) in [4.78, 5) is 4.48. The number of fused-ring (bicyclic) bond motifs is 1. The van der Waals surface area contributed by atoms with Crippen LogP contribution in [-0.4, -0.2) is 25.2 Å². The number of halogens is 1. The molecule has 5 nitrogen and oxygen atoms in total. The summed E-state index contributed by atoms with van der Waals surface area (Å²) in [7, 11) is 0. The second kappa shape index (κ2) is 5.24. The van der Waals surface area contributed by atoms with Crippen molar-refractivity contribution in [3.63, 3.8) is 0 Å². The van der Waals surface area contributed by atoms with Gasteiger partial charge in [0.2, 0.25) is 0 Å². The molecule has 0 spiro atoms. The summed E-state index contributed by atoms with van der Waals surface area (Å²) < 4.78 is 14.7. The van der Waals surface area contributed by atoms with E-state index in [0.717, 1.165) is 22.0 Å². The number of hydrogen-bond acceptors (Lipinski definition) is 4. The highest BCUT2D eigenvalue weighted by atomic mass is 19.1. The SMILES string of the molecule is Cc1c(-c2nnnn2-c2ccc(F)cc2)cnc2ccccc12. The Labute approximate surface area is 131 Å². The summed E-state index contributed by atoms with van der Waals surface area (Å²) in [5, 5.41) is 13.0. The Morgan fingerprint density at radius 1 is 1.00 bits per heavy atom. The van der Waals surface area contributed by atoms with Gasteiger partial charge in [0.05, 0.1) is 11.2 Å². The number of benzene rings is 2. The summed E-state index contributed by atoms with van der Waals surface area (Å²) in [5.74, 6) is 0.277. The molecule has 0 amide bonds. The summed E-state index contributed by atoms with van der Waals surface area (Å²) in [6.45, 7) is 2.02. The average Bonchev–Trinajstić information content (AvgIpc) is 3.05. The van der Waals surface area contributed by atoms with Crippen molar-refractivity contribution in [2.24, 2.45) is 0 Å². The van der Waals surface area contributed by atoms with E-state index < -0.39 is 0 Å². The Balaban J connectivity index is 1.91. The second-order valence-electron chi connectivity index (χ2n) is 5.20. The van der Waals surface area contributed by atoms with Crippen LogP contribution < -0.4 is 0 Å². The van der Waals surface area contributed by atoms with Gasteiger partial charge in [-0.15, -0.1) is 5.10 Å². The van der Waals surface area contributed by atoms with Crippen LogP contribution in [0.5, 0.6) is 0 Å². The highest BCUT2D eigenvalue weighted by Crippen LogP contribution is 2.27. The summed E-state index contributed by atoms with van der Waals surface area (Å²) in [5.41, 5.74) is 3.51. The van der Waals surface area contributed by atoms with Crippen molar-refractivity contribution >= 4 is 10.9 Å². The molecule has 2 aromatic carbocycles. The van der Waals surface area contributed by atoms with Gasteiger partial charge in [0, 0.05) is 17.1 Å². The number of para-hydroxylation sites is 1. The Kier molecular flexibility index (Phi) is 3.08. The largest absolute Gasteiger partial charge is 0.255 e. The maximum absolute atomic E-state index is 13.1. The summed E-state index contributed by atoms with van der Waals surface area (Å²) in [6.07, 6.45) is 1.77. The fourth-order valence-corrected chi connectivity index (χ4v) is 2.62. The van der Waals surface area contributed by atoms with Gasteiger partial charge in [0.15, 0.2) is 5.82 Å². The van der Waals surface area contributed by atoms with Gasteiger partial charge in [0.25, 0.3) is 0 Å². The van der Waals surface area contributed by atoms with Crippen molar-refractivity contribution in [2.75, 3.05) is 0 Å². The molecular weight excluding hydrogens is 293 g/mol. The molecule has 0 bridgehead atoms. The molecule has 2 heterocycles. The maximum atomic E-state index is 13.1. The minimum Gasteiger partial charge on any atom is -0.255 e. The van der Waals surface area contributed by atoms with E-state index in [1.165, 1.54) is 12.1 Å². The molecule has 0 saturated carbocycles. The van der Waals surface area contributed by atoms with Crippen LogP contribution in [-0.2, 0) is 0 Å².